The number of para-hydroxylation sites is 1. The third-order valence-corrected chi connectivity index (χ3v) is 5.86. The summed E-state index contributed by atoms with van der Waals surface area (Å²) >= 11 is 1.52. The number of hydrogen-bond acceptors (Lipinski definition) is 5. The van der Waals surface area contributed by atoms with Crippen LogP contribution in [0.5, 0.6) is 0 Å². The van der Waals surface area contributed by atoms with Crippen LogP contribution < -0.4 is 15.5 Å². The van der Waals surface area contributed by atoms with Crippen molar-refractivity contribution in [1.29, 1.82) is 0 Å². The van der Waals surface area contributed by atoms with Gasteiger partial charge in [-0.25, -0.2) is 0 Å². The normalized spacial score (nSPS) is 14.5. The van der Waals surface area contributed by atoms with Crippen LogP contribution in [-0.2, 0) is 16.0 Å². The first-order chi connectivity index (χ1) is 14.1. The average Bonchev–Trinajstić information content (AvgIpc) is 2.75. The number of benzene rings is 2. The van der Waals surface area contributed by atoms with Crippen LogP contribution in [0, 0.1) is 0 Å². The van der Waals surface area contributed by atoms with E-state index in [4.69, 9.17) is 0 Å². The minimum Gasteiger partial charge on any atom is -0.369 e. The highest BCUT2D eigenvalue weighted by Gasteiger charge is 2.15. The van der Waals surface area contributed by atoms with Gasteiger partial charge in [0.15, 0.2) is 0 Å². The lowest BCUT2D eigenvalue weighted by Gasteiger charge is -2.34. The second kappa shape index (κ2) is 10.3. The van der Waals surface area contributed by atoms with Gasteiger partial charge in [-0.05, 0) is 49.6 Å². The molecule has 1 aliphatic heterocycles. The number of anilines is 2. The minimum atomic E-state index is -0.642. The number of hydrogen-bond donors (Lipinski definition) is 2. The van der Waals surface area contributed by atoms with Crippen LogP contribution in [0.2, 0.25) is 0 Å². The number of carbonyl (C=O) groups is 2. The summed E-state index contributed by atoms with van der Waals surface area (Å²) in [6.45, 7) is 4.67. The number of amides is 2. The molecule has 0 aromatic heterocycles. The Bertz CT molecular complexity index is 833. The average molecular weight is 413 g/mol. The lowest BCUT2D eigenvalue weighted by molar-refractivity contribution is -0.136. The van der Waals surface area contributed by atoms with Gasteiger partial charge < -0.3 is 20.4 Å². The Labute approximate surface area is 176 Å². The zero-order valence-corrected chi connectivity index (χ0v) is 17.8. The zero-order chi connectivity index (χ0) is 20.6. The van der Waals surface area contributed by atoms with E-state index in [1.165, 1.54) is 17.4 Å². The fraction of sp³-hybridized carbons (Fsp3) is 0.364. The standard InChI is InChI=1S/C22H28N4O2S/c1-25-13-15-26(16-14-25)18-9-7-17(8-10-18)11-12-23-21(27)22(28)24-19-5-3-4-6-20(19)29-2/h3-10H,11-16H2,1-2H3,(H,23,27)(H,24,28). The van der Waals surface area contributed by atoms with E-state index in [-0.39, 0.29) is 0 Å². The van der Waals surface area contributed by atoms with Crippen molar-refractivity contribution >= 4 is 35.0 Å². The molecule has 0 atom stereocenters. The summed E-state index contributed by atoms with van der Waals surface area (Å²) in [7, 11) is 2.15. The van der Waals surface area contributed by atoms with E-state index in [1.807, 2.05) is 24.5 Å². The lowest BCUT2D eigenvalue weighted by atomic mass is 10.1. The van der Waals surface area contributed by atoms with Crippen LogP contribution in [0.15, 0.2) is 53.4 Å². The Morgan fingerprint density at radius 3 is 2.34 bits per heavy atom. The maximum atomic E-state index is 12.1. The number of nitrogens with one attached hydrogen (secondary N) is 2. The van der Waals surface area contributed by atoms with Gasteiger partial charge in [0.1, 0.15) is 0 Å². The maximum Gasteiger partial charge on any atom is 0.313 e. The largest absolute Gasteiger partial charge is 0.369 e. The van der Waals surface area contributed by atoms with Gasteiger partial charge in [-0.2, -0.15) is 0 Å². The predicted molar refractivity (Wildman–Crippen MR) is 120 cm³/mol. The molecule has 3 rings (SSSR count). The van der Waals surface area contributed by atoms with Crippen molar-refractivity contribution in [3.05, 3.63) is 54.1 Å². The number of thioether (sulfide) groups is 1. The third kappa shape index (κ3) is 5.98. The van der Waals surface area contributed by atoms with Crippen LogP contribution in [0.3, 0.4) is 0 Å². The molecule has 1 saturated heterocycles. The van der Waals surface area contributed by atoms with Crippen LogP contribution in [0.4, 0.5) is 11.4 Å². The molecule has 0 aliphatic carbocycles. The van der Waals surface area contributed by atoms with Gasteiger partial charge in [-0.15, -0.1) is 11.8 Å². The van der Waals surface area contributed by atoms with Crippen molar-refractivity contribution in [3.8, 4) is 0 Å². The van der Waals surface area contributed by atoms with E-state index in [0.717, 1.165) is 36.6 Å². The molecule has 1 fully saturated rings. The van der Waals surface area contributed by atoms with E-state index in [1.54, 1.807) is 6.07 Å². The van der Waals surface area contributed by atoms with Crippen molar-refractivity contribution in [2.75, 3.05) is 56.2 Å². The van der Waals surface area contributed by atoms with Crippen molar-refractivity contribution < 1.29 is 9.59 Å². The summed E-state index contributed by atoms with van der Waals surface area (Å²) in [6, 6.07) is 15.9. The first-order valence-corrected chi connectivity index (χ1v) is 11.0. The SMILES string of the molecule is CSc1ccccc1NC(=O)C(=O)NCCc1ccc(N2CCN(C)CC2)cc1. The summed E-state index contributed by atoms with van der Waals surface area (Å²) in [5.41, 5.74) is 3.02. The highest BCUT2D eigenvalue weighted by Crippen LogP contribution is 2.24. The molecule has 0 bridgehead atoms. The van der Waals surface area contributed by atoms with Crippen molar-refractivity contribution in [1.82, 2.24) is 10.2 Å². The molecular weight excluding hydrogens is 384 g/mol. The molecule has 2 aromatic rings. The second-order valence-electron chi connectivity index (χ2n) is 7.12. The van der Waals surface area contributed by atoms with Crippen LogP contribution in [-0.4, -0.2) is 62.7 Å². The third-order valence-electron chi connectivity index (χ3n) is 5.07. The Hall–Kier alpha value is -2.51. The van der Waals surface area contributed by atoms with Gasteiger partial charge >= 0.3 is 11.8 Å². The van der Waals surface area contributed by atoms with E-state index in [9.17, 15) is 9.59 Å². The molecule has 1 heterocycles. The Kier molecular flexibility index (Phi) is 7.55. The molecular formula is C22H28N4O2S. The molecule has 6 nitrogen and oxygen atoms in total. The van der Waals surface area contributed by atoms with Gasteiger partial charge in [0.2, 0.25) is 0 Å². The van der Waals surface area contributed by atoms with Crippen LogP contribution >= 0.6 is 11.8 Å². The smallest absolute Gasteiger partial charge is 0.313 e. The second-order valence-corrected chi connectivity index (χ2v) is 7.97. The lowest BCUT2D eigenvalue weighted by Crippen LogP contribution is -2.44. The van der Waals surface area contributed by atoms with E-state index < -0.39 is 11.8 Å². The number of piperazine rings is 1. The minimum absolute atomic E-state index is 0.421. The summed E-state index contributed by atoms with van der Waals surface area (Å²) < 4.78 is 0. The molecule has 0 radical (unpaired) electrons. The molecule has 2 N–H and O–H groups in total. The summed E-state index contributed by atoms with van der Waals surface area (Å²) in [5.74, 6) is -1.26. The summed E-state index contributed by atoms with van der Waals surface area (Å²) in [5, 5.41) is 5.37. The monoisotopic (exact) mass is 412 g/mol. The molecule has 2 amide bonds. The number of rotatable bonds is 6. The molecule has 0 unspecified atom stereocenters. The molecule has 2 aromatic carbocycles. The first-order valence-electron chi connectivity index (χ1n) is 9.81. The summed E-state index contributed by atoms with van der Waals surface area (Å²) in [4.78, 5) is 29.9. The van der Waals surface area contributed by atoms with Gasteiger partial charge in [0, 0.05) is 43.3 Å². The number of likely N-dealkylation sites (N-methyl/N-ethyl adjacent to an activating group) is 1. The highest BCUT2D eigenvalue weighted by molar-refractivity contribution is 7.98. The van der Waals surface area contributed by atoms with Crippen molar-refractivity contribution in [3.63, 3.8) is 0 Å². The van der Waals surface area contributed by atoms with Gasteiger partial charge in [0.05, 0.1) is 5.69 Å². The molecule has 7 heteroatoms. The first kappa shape index (κ1) is 21.2. The molecule has 29 heavy (non-hydrogen) atoms. The fourth-order valence-electron chi connectivity index (χ4n) is 3.27. The topological polar surface area (TPSA) is 64.7 Å². The Morgan fingerprint density at radius 1 is 0.966 bits per heavy atom. The fourth-order valence-corrected chi connectivity index (χ4v) is 3.82. The Morgan fingerprint density at radius 2 is 1.66 bits per heavy atom. The summed E-state index contributed by atoms with van der Waals surface area (Å²) in [6.07, 6.45) is 2.61. The molecule has 0 spiro atoms. The number of carbonyl (C=O) groups excluding carboxylic acids is 2. The van der Waals surface area contributed by atoms with E-state index >= 15 is 0 Å². The van der Waals surface area contributed by atoms with Crippen molar-refractivity contribution in [2.24, 2.45) is 0 Å². The molecule has 0 saturated carbocycles. The zero-order valence-electron chi connectivity index (χ0n) is 17.0. The van der Waals surface area contributed by atoms with Crippen LogP contribution in [0.25, 0.3) is 0 Å². The van der Waals surface area contributed by atoms with Crippen molar-refractivity contribution in [2.45, 2.75) is 11.3 Å². The quantitative estimate of drug-likeness (QED) is 0.564. The van der Waals surface area contributed by atoms with Crippen LogP contribution in [0.1, 0.15) is 5.56 Å². The van der Waals surface area contributed by atoms with E-state index in [2.05, 4.69) is 51.7 Å². The molecule has 154 valence electrons. The number of nitrogens with zero attached hydrogens (tertiary/aromatic N) is 2. The maximum absolute atomic E-state index is 12.1. The Balaban J connectivity index is 1.44. The van der Waals surface area contributed by atoms with Gasteiger partial charge in [-0.3, -0.25) is 9.59 Å². The highest BCUT2D eigenvalue weighted by atomic mass is 32.2. The molecule has 1 aliphatic rings. The van der Waals surface area contributed by atoms with E-state index in [0.29, 0.717) is 18.7 Å². The van der Waals surface area contributed by atoms with Gasteiger partial charge in [0.25, 0.3) is 0 Å². The predicted octanol–water partition coefficient (Wildman–Crippen LogP) is 2.46. The van der Waals surface area contributed by atoms with Gasteiger partial charge in [-0.1, -0.05) is 24.3 Å².